The Morgan fingerprint density at radius 3 is 0.703 bits per heavy atom. The van der Waals surface area contributed by atoms with Crippen molar-refractivity contribution in [3.8, 4) is 0 Å². The van der Waals surface area contributed by atoms with Crippen molar-refractivity contribution in [3.05, 3.63) is 0 Å². The molecule has 0 heterocycles. The Morgan fingerprint density at radius 1 is 0.277 bits per heavy atom. The Morgan fingerprint density at radius 2 is 0.475 bits per heavy atom. The summed E-state index contributed by atoms with van der Waals surface area (Å²) in [6.07, 6.45) is 66.3. The molecule has 17 nitrogen and oxygen atoms in total. The van der Waals surface area contributed by atoms with Gasteiger partial charge in [0.05, 0.1) is 26.4 Å². The van der Waals surface area contributed by atoms with Gasteiger partial charge in [-0.25, -0.2) is 9.13 Å². The van der Waals surface area contributed by atoms with Crippen molar-refractivity contribution < 1.29 is 80.2 Å². The fourth-order valence-corrected chi connectivity index (χ4v) is 14.3. The van der Waals surface area contributed by atoms with Gasteiger partial charge >= 0.3 is 39.5 Å². The first kappa shape index (κ1) is 99.1. The highest BCUT2D eigenvalue weighted by atomic mass is 31.2. The SMILES string of the molecule is CCCCCCCCCCCCCCCCCCC(=O)OC[C@H](COP(=O)(O)OC[C@@H](O)COP(=O)(O)OC[C@@H](COC(=O)CCCCCCCCCCCCCCC)OC(=O)CCCCCCCCCCCCCCCC)OC(=O)CCCCCCCCCCCCCCCCC(C)CC. The van der Waals surface area contributed by atoms with Crippen LogP contribution in [0, 0.1) is 5.92 Å². The van der Waals surface area contributed by atoms with Crippen molar-refractivity contribution in [3.63, 3.8) is 0 Å². The third kappa shape index (κ3) is 74.7. The van der Waals surface area contributed by atoms with Crippen LogP contribution in [0.2, 0.25) is 0 Å². The van der Waals surface area contributed by atoms with Crippen LogP contribution in [0.1, 0.15) is 439 Å². The van der Waals surface area contributed by atoms with E-state index in [0.717, 1.165) is 95.8 Å². The second-order valence-corrected chi connectivity index (χ2v) is 32.7. The number of phosphoric acid groups is 2. The molecular weight excluding hydrogens is 1320 g/mol. The standard InChI is InChI=1S/C82H160O17P2/c1-6-10-13-16-19-22-25-28-30-31-37-41-46-51-56-61-66-80(85)93-72-78(99-82(87)68-63-58-53-48-43-38-33-32-35-39-44-49-54-59-64-75(5)9-4)74-97-101(90,91)95-70-76(83)69-94-100(88,89)96-73-77(71-92-79(84)65-60-55-50-45-40-34-27-24-21-18-15-12-8-3)98-81(86)67-62-57-52-47-42-36-29-26-23-20-17-14-11-7-2/h75-78,83H,6-74H2,1-5H3,(H,88,89)(H,90,91)/t75?,76-,77+,78+/m0/s1. The molecule has 6 atom stereocenters. The number of ether oxygens (including phenoxy) is 4. The summed E-state index contributed by atoms with van der Waals surface area (Å²) in [5, 5.41) is 10.7. The summed E-state index contributed by atoms with van der Waals surface area (Å²) >= 11 is 0. The van der Waals surface area contributed by atoms with Crippen LogP contribution in [0.15, 0.2) is 0 Å². The van der Waals surface area contributed by atoms with Gasteiger partial charge in [-0.15, -0.1) is 0 Å². The molecule has 0 bridgehead atoms. The molecule has 0 amide bonds. The predicted octanol–water partition coefficient (Wildman–Crippen LogP) is 24.8. The van der Waals surface area contributed by atoms with E-state index in [1.807, 2.05) is 0 Å². The molecule has 0 aliphatic rings. The maximum Gasteiger partial charge on any atom is 0.472 e. The third-order valence-corrected chi connectivity index (χ3v) is 21.5. The lowest BCUT2D eigenvalue weighted by atomic mass is 9.99. The molecule has 0 radical (unpaired) electrons. The van der Waals surface area contributed by atoms with E-state index >= 15 is 0 Å². The van der Waals surface area contributed by atoms with Gasteiger partial charge in [0.15, 0.2) is 12.2 Å². The molecule has 600 valence electrons. The van der Waals surface area contributed by atoms with Crippen molar-refractivity contribution in [1.82, 2.24) is 0 Å². The van der Waals surface area contributed by atoms with Crippen molar-refractivity contribution in [2.45, 2.75) is 457 Å². The first-order chi connectivity index (χ1) is 49.1. The average molecular weight is 1480 g/mol. The second-order valence-electron chi connectivity index (χ2n) is 29.8. The van der Waals surface area contributed by atoms with E-state index in [2.05, 4.69) is 34.6 Å². The number of rotatable bonds is 82. The minimum atomic E-state index is -4.96. The number of unbranched alkanes of at least 4 members (excludes halogenated alkanes) is 53. The fraction of sp³-hybridized carbons (Fsp3) is 0.951. The summed E-state index contributed by atoms with van der Waals surface area (Å²) in [6.45, 7) is 7.40. The van der Waals surface area contributed by atoms with E-state index in [1.165, 1.54) is 263 Å². The summed E-state index contributed by atoms with van der Waals surface area (Å²) in [6, 6.07) is 0. The molecule has 0 fully saturated rings. The van der Waals surface area contributed by atoms with Crippen molar-refractivity contribution in [2.75, 3.05) is 39.6 Å². The fourth-order valence-electron chi connectivity index (χ4n) is 12.7. The molecule has 19 heteroatoms. The third-order valence-electron chi connectivity index (χ3n) is 19.6. The van der Waals surface area contributed by atoms with Crippen LogP contribution in [0.25, 0.3) is 0 Å². The van der Waals surface area contributed by atoms with E-state index in [4.69, 9.17) is 37.0 Å². The molecule has 0 aromatic heterocycles. The number of aliphatic hydroxyl groups excluding tert-OH is 1. The summed E-state index contributed by atoms with van der Waals surface area (Å²) in [4.78, 5) is 73.1. The number of carbonyl (C=O) groups excluding carboxylic acids is 4. The normalized spacial score (nSPS) is 14.1. The molecule has 0 saturated heterocycles. The van der Waals surface area contributed by atoms with Gasteiger partial charge < -0.3 is 33.8 Å². The van der Waals surface area contributed by atoms with Crippen LogP contribution in [-0.4, -0.2) is 96.7 Å². The van der Waals surface area contributed by atoms with E-state index in [-0.39, 0.29) is 25.7 Å². The molecular formula is C82H160O17P2. The number of esters is 4. The molecule has 0 spiro atoms. The number of carbonyl (C=O) groups is 4. The lowest BCUT2D eigenvalue weighted by Crippen LogP contribution is -2.30. The minimum Gasteiger partial charge on any atom is -0.462 e. The maximum atomic E-state index is 13.1. The molecule has 0 aromatic rings. The lowest BCUT2D eigenvalue weighted by molar-refractivity contribution is -0.161. The van der Waals surface area contributed by atoms with Gasteiger partial charge in [0.1, 0.15) is 19.3 Å². The van der Waals surface area contributed by atoms with Crippen molar-refractivity contribution in [1.29, 1.82) is 0 Å². The Kier molecular flexibility index (Phi) is 73.5. The number of hydrogen-bond acceptors (Lipinski definition) is 15. The van der Waals surface area contributed by atoms with Gasteiger partial charge in [0, 0.05) is 25.7 Å². The summed E-state index contributed by atoms with van der Waals surface area (Å²) in [7, 11) is -9.92. The molecule has 0 aromatic carbocycles. The first-order valence-corrected chi connectivity index (χ1v) is 45.7. The van der Waals surface area contributed by atoms with E-state index in [1.54, 1.807) is 0 Å². The largest absolute Gasteiger partial charge is 0.472 e. The smallest absolute Gasteiger partial charge is 0.462 e. The van der Waals surface area contributed by atoms with E-state index in [0.29, 0.717) is 25.7 Å². The van der Waals surface area contributed by atoms with Gasteiger partial charge in [-0.1, -0.05) is 388 Å². The first-order valence-electron chi connectivity index (χ1n) is 42.7. The van der Waals surface area contributed by atoms with E-state index < -0.39 is 97.5 Å². The molecule has 0 aliphatic carbocycles. The summed E-state index contributed by atoms with van der Waals surface area (Å²) < 4.78 is 68.8. The van der Waals surface area contributed by atoms with Crippen LogP contribution < -0.4 is 0 Å². The van der Waals surface area contributed by atoms with Crippen LogP contribution in [0.5, 0.6) is 0 Å². The zero-order valence-electron chi connectivity index (χ0n) is 66.1. The van der Waals surface area contributed by atoms with Gasteiger partial charge in [-0.05, 0) is 31.6 Å². The molecule has 101 heavy (non-hydrogen) atoms. The number of phosphoric ester groups is 2. The molecule has 0 aliphatic heterocycles. The number of hydrogen-bond donors (Lipinski definition) is 3. The van der Waals surface area contributed by atoms with E-state index in [9.17, 15) is 43.2 Å². The Balaban J connectivity index is 5.27. The topological polar surface area (TPSA) is 237 Å². The zero-order valence-corrected chi connectivity index (χ0v) is 67.8. The quantitative estimate of drug-likeness (QED) is 0.0222. The molecule has 0 rings (SSSR count). The molecule has 0 saturated carbocycles. The zero-order chi connectivity index (χ0) is 74.1. The van der Waals surface area contributed by atoms with Crippen molar-refractivity contribution in [2.24, 2.45) is 5.92 Å². The van der Waals surface area contributed by atoms with Gasteiger partial charge in [-0.2, -0.15) is 0 Å². The Hall–Kier alpha value is -1.94. The highest BCUT2D eigenvalue weighted by molar-refractivity contribution is 7.47. The number of aliphatic hydroxyl groups is 1. The monoisotopic (exact) mass is 1480 g/mol. The highest BCUT2D eigenvalue weighted by Gasteiger charge is 2.30. The summed E-state index contributed by atoms with van der Waals surface area (Å²) in [5.74, 6) is -1.26. The van der Waals surface area contributed by atoms with Crippen LogP contribution >= 0.6 is 15.6 Å². The predicted molar refractivity (Wildman–Crippen MR) is 414 cm³/mol. The average Bonchev–Trinajstić information content (AvgIpc) is 0.920. The lowest BCUT2D eigenvalue weighted by Gasteiger charge is -2.21. The van der Waals surface area contributed by atoms with Gasteiger partial charge in [-0.3, -0.25) is 37.3 Å². The maximum absolute atomic E-state index is 13.1. The van der Waals surface area contributed by atoms with Gasteiger partial charge in [0.2, 0.25) is 0 Å². The van der Waals surface area contributed by atoms with Crippen molar-refractivity contribution >= 4 is 39.5 Å². The van der Waals surface area contributed by atoms with Crippen LogP contribution in [-0.2, 0) is 65.4 Å². The summed E-state index contributed by atoms with van der Waals surface area (Å²) in [5.41, 5.74) is 0. The minimum absolute atomic E-state index is 0.109. The molecule has 3 unspecified atom stereocenters. The highest BCUT2D eigenvalue weighted by Crippen LogP contribution is 2.45. The Bertz CT molecular complexity index is 1930. The van der Waals surface area contributed by atoms with Gasteiger partial charge in [0.25, 0.3) is 0 Å². The molecule has 3 N–H and O–H groups in total. The van der Waals surface area contributed by atoms with Crippen LogP contribution in [0.4, 0.5) is 0 Å². The second kappa shape index (κ2) is 74.9. The van der Waals surface area contributed by atoms with Crippen LogP contribution in [0.3, 0.4) is 0 Å². The Labute approximate surface area is 619 Å².